The van der Waals surface area contributed by atoms with Crippen LogP contribution in [0.25, 0.3) is 0 Å². The van der Waals surface area contributed by atoms with Gasteiger partial charge in [-0.05, 0) is 13.1 Å². The lowest BCUT2D eigenvalue weighted by molar-refractivity contribution is -0.121. The SMILES string of the molecule is CNC(=O)CN(C)Cc1cc(C#CCN)cs1. The molecule has 0 atom stereocenters. The molecule has 0 unspecified atom stereocenters. The molecule has 0 aromatic carbocycles. The Morgan fingerprint density at radius 1 is 1.65 bits per heavy atom. The van der Waals surface area contributed by atoms with Gasteiger partial charge in [0, 0.05) is 29.4 Å². The third-order valence-corrected chi connectivity index (χ3v) is 3.03. The molecule has 1 amide bonds. The van der Waals surface area contributed by atoms with E-state index >= 15 is 0 Å². The van der Waals surface area contributed by atoms with E-state index < -0.39 is 0 Å². The summed E-state index contributed by atoms with van der Waals surface area (Å²) in [6.45, 7) is 1.53. The number of carbonyl (C=O) groups is 1. The number of thiophene rings is 1. The van der Waals surface area contributed by atoms with Gasteiger partial charge in [0.05, 0.1) is 13.1 Å². The zero-order valence-electron chi connectivity index (χ0n) is 10.1. The monoisotopic (exact) mass is 251 g/mol. The maximum atomic E-state index is 11.2. The van der Waals surface area contributed by atoms with Crippen molar-refractivity contribution < 1.29 is 4.79 Å². The molecule has 0 radical (unpaired) electrons. The quantitative estimate of drug-likeness (QED) is 0.754. The lowest BCUT2D eigenvalue weighted by Crippen LogP contribution is -2.32. The minimum atomic E-state index is 0.0206. The molecule has 0 aliphatic carbocycles. The normalized spacial score (nSPS) is 9.88. The predicted molar refractivity (Wildman–Crippen MR) is 70.7 cm³/mol. The Morgan fingerprint density at radius 2 is 2.41 bits per heavy atom. The van der Waals surface area contributed by atoms with Gasteiger partial charge >= 0.3 is 0 Å². The topological polar surface area (TPSA) is 58.4 Å². The molecule has 4 nitrogen and oxygen atoms in total. The van der Waals surface area contributed by atoms with Crippen LogP contribution in [0.15, 0.2) is 11.4 Å². The van der Waals surface area contributed by atoms with Crippen molar-refractivity contribution in [2.75, 3.05) is 27.2 Å². The molecule has 0 fully saturated rings. The molecule has 1 aromatic rings. The van der Waals surface area contributed by atoms with Crippen LogP contribution in [-0.2, 0) is 11.3 Å². The highest BCUT2D eigenvalue weighted by atomic mass is 32.1. The van der Waals surface area contributed by atoms with E-state index in [9.17, 15) is 4.79 Å². The molecule has 1 heterocycles. The molecule has 0 aliphatic heterocycles. The van der Waals surface area contributed by atoms with E-state index in [0.717, 1.165) is 12.1 Å². The van der Waals surface area contributed by atoms with Crippen LogP contribution >= 0.6 is 11.3 Å². The van der Waals surface area contributed by atoms with Crippen molar-refractivity contribution in [2.45, 2.75) is 6.54 Å². The second-order valence-corrected chi connectivity index (χ2v) is 4.65. The zero-order chi connectivity index (χ0) is 12.7. The second kappa shape index (κ2) is 7.07. The summed E-state index contributed by atoms with van der Waals surface area (Å²) in [6.07, 6.45) is 0. The number of nitrogens with one attached hydrogen (secondary N) is 1. The maximum Gasteiger partial charge on any atom is 0.233 e. The van der Waals surface area contributed by atoms with Gasteiger partial charge in [-0.1, -0.05) is 11.8 Å². The van der Waals surface area contributed by atoms with Crippen LogP contribution in [-0.4, -0.2) is 38.0 Å². The first-order valence-electron chi connectivity index (χ1n) is 5.31. The van der Waals surface area contributed by atoms with Crippen LogP contribution in [0.2, 0.25) is 0 Å². The van der Waals surface area contributed by atoms with Crippen LogP contribution in [0.4, 0.5) is 0 Å². The Morgan fingerprint density at radius 3 is 3.06 bits per heavy atom. The summed E-state index contributed by atoms with van der Waals surface area (Å²) in [5.41, 5.74) is 6.30. The van der Waals surface area contributed by atoms with Crippen LogP contribution in [0, 0.1) is 11.8 Å². The lowest BCUT2D eigenvalue weighted by Gasteiger charge is -2.13. The van der Waals surface area contributed by atoms with E-state index in [1.54, 1.807) is 18.4 Å². The standard InChI is InChI=1S/C12H17N3OS/c1-14-12(16)8-15(2)7-11-6-10(9-17-11)4-3-5-13/h6,9H,5,7-8,13H2,1-2H3,(H,14,16). The number of hydrogen-bond donors (Lipinski definition) is 2. The first kappa shape index (κ1) is 13.7. The van der Waals surface area contributed by atoms with Crippen LogP contribution in [0.3, 0.4) is 0 Å². The van der Waals surface area contributed by atoms with E-state index in [4.69, 9.17) is 5.73 Å². The van der Waals surface area contributed by atoms with Crippen molar-refractivity contribution in [3.8, 4) is 11.8 Å². The van der Waals surface area contributed by atoms with E-state index in [-0.39, 0.29) is 5.91 Å². The minimum Gasteiger partial charge on any atom is -0.358 e. The summed E-state index contributed by atoms with van der Waals surface area (Å²) in [5.74, 6) is 5.83. The second-order valence-electron chi connectivity index (χ2n) is 3.65. The minimum absolute atomic E-state index is 0.0206. The van der Waals surface area contributed by atoms with Crippen molar-refractivity contribution in [2.24, 2.45) is 5.73 Å². The first-order chi connectivity index (χ1) is 8.15. The smallest absolute Gasteiger partial charge is 0.233 e. The highest BCUT2D eigenvalue weighted by Crippen LogP contribution is 2.15. The van der Waals surface area contributed by atoms with E-state index in [1.165, 1.54) is 4.88 Å². The van der Waals surface area contributed by atoms with Gasteiger partial charge in [0.1, 0.15) is 0 Å². The van der Waals surface area contributed by atoms with Gasteiger partial charge < -0.3 is 11.1 Å². The van der Waals surface area contributed by atoms with Crippen molar-refractivity contribution >= 4 is 17.2 Å². The van der Waals surface area contributed by atoms with Gasteiger partial charge in [-0.15, -0.1) is 11.3 Å². The summed E-state index contributed by atoms with van der Waals surface area (Å²) < 4.78 is 0. The molecular weight excluding hydrogens is 234 g/mol. The molecule has 3 N–H and O–H groups in total. The average Bonchev–Trinajstić information content (AvgIpc) is 2.73. The lowest BCUT2D eigenvalue weighted by atomic mass is 10.3. The Kier molecular flexibility index (Phi) is 5.70. The van der Waals surface area contributed by atoms with Crippen LogP contribution in [0.1, 0.15) is 10.4 Å². The highest BCUT2D eigenvalue weighted by Gasteiger charge is 2.06. The van der Waals surface area contributed by atoms with Crippen LogP contribution < -0.4 is 11.1 Å². The average molecular weight is 251 g/mol. The summed E-state index contributed by atoms with van der Waals surface area (Å²) in [6, 6.07) is 2.04. The third-order valence-electron chi connectivity index (χ3n) is 2.11. The van der Waals surface area contributed by atoms with Gasteiger partial charge in [-0.2, -0.15) is 0 Å². The van der Waals surface area contributed by atoms with Crippen molar-refractivity contribution in [1.82, 2.24) is 10.2 Å². The Bertz CT molecular complexity index is 430. The predicted octanol–water partition coefficient (Wildman–Crippen LogP) is 0.236. The zero-order valence-corrected chi connectivity index (χ0v) is 10.9. The Balaban J connectivity index is 2.51. The molecular formula is C12H17N3OS. The molecule has 5 heteroatoms. The van der Waals surface area contributed by atoms with Crippen LogP contribution in [0.5, 0.6) is 0 Å². The maximum absolute atomic E-state index is 11.2. The fourth-order valence-electron chi connectivity index (χ4n) is 1.33. The first-order valence-corrected chi connectivity index (χ1v) is 6.19. The van der Waals surface area contributed by atoms with Crippen molar-refractivity contribution in [3.63, 3.8) is 0 Å². The van der Waals surface area contributed by atoms with E-state index in [0.29, 0.717) is 13.1 Å². The fourth-order valence-corrected chi connectivity index (χ4v) is 2.22. The molecule has 0 saturated carbocycles. The molecule has 0 bridgehead atoms. The number of nitrogens with zero attached hydrogens (tertiary/aromatic N) is 1. The number of hydrogen-bond acceptors (Lipinski definition) is 4. The molecule has 0 aliphatic rings. The summed E-state index contributed by atoms with van der Waals surface area (Å²) in [7, 11) is 3.56. The summed E-state index contributed by atoms with van der Waals surface area (Å²) in [5, 5.41) is 4.61. The van der Waals surface area contributed by atoms with E-state index in [1.807, 2.05) is 23.4 Å². The van der Waals surface area contributed by atoms with E-state index in [2.05, 4.69) is 17.2 Å². The highest BCUT2D eigenvalue weighted by molar-refractivity contribution is 7.10. The van der Waals surface area contributed by atoms with Gasteiger partial charge in [0.15, 0.2) is 0 Å². The largest absolute Gasteiger partial charge is 0.358 e. The molecule has 92 valence electrons. The van der Waals surface area contributed by atoms with Crippen molar-refractivity contribution in [3.05, 3.63) is 21.9 Å². The number of rotatable bonds is 4. The molecule has 0 spiro atoms. The molecule has 0 saturated heterocycles. The Labute approximate surface area is 106 Å². The third kappa shape index (κ3) is 5.00. The fraction of sp³-hybridized carbons (Fsp3) is 0.417. The number of carbonyl (C=O) groups excluding carboxylic acids is 1. The van der Waals surface area contributed by atoms with Gasteiger partial charge in [-0.3, -0.25) is 9.69 Å². The summed E-state index contributed by atoms with van der Waals surface area (Å²) >= 11 is 1.65. The Hall–Kier alpha value is -1.35. The summed E-state index contributed by atoms with van der Waals surface area (Å²) in [4.78, 5) is 14.3. The number of amides is 1. The number of likely N-dealkylation sites (N-methyl/N-ethyl adjacent to an activating group) is 2. The van der Waals surface area contributed by atoms with Gasteiger partial charge in [0.25, 0.3) is 0 Å². The molecule has 17 heavy (non-hydrogen) atoms. The molecule has 1 rings (SSSR count). The van der Waals surface area contributed by atoms with Crippen molar-refractivity contribution in [1.29, 1.82) is 0 Å². The number of nitrogens with two attached hydrogens (primary N) is 1. The van der Waals surface area contributed by atoms with Gasteiger partial charge in [0.2, 0.25) is 5.91 Å². The molecule has 1 aromatic heterocycles. The van der Waals surface area contributed by atoms with Gasteiger partial charge in [-0.25, -0.2) is 0 Å².